The predicted octanol–water partition coefficient (Wildman–Crippen LogP) is 0.231. The Morgan fingerprint density at radius 3 is 2.79 bits per heavy atom. The Labute approximate surface area is 112 Å². The van der Waals surface area contributed by atoms with E-state index in [-0.39, 0.29) is 11.1 Å². The number of carbonyl (C=O) groups excluding carboxylic acids is 1. The van der Waals surface area contributed by atoms with Crippen molar-refractivity contribution in [2.24, 2.45) is 0 Å². The van der Waals surface area contributed by atoms with Crippen LogP contribution < -0.4 is 10.0 Å². The van der Waals surface area contributed by atoms with E-state index >= 15 is 0 Å². The van der Waals surface area contributed by atoms with Crippen LogP contribution in [0.4, 0.5) is 0 Å². The van der Waals surface area contributed by atoms with E-state index in [0.717, 1.165) is 0 Å². The average molecular weight is 290 g/mol. The van der Waals surface area contributed by atoms with Crippen LogP contribution >= 0.6 is 0 Å². The van der Waals surface area contributed by atoms with Crippen molar-refractivity contribution in [2.45, 2.75) is 24.5 Å². The highest BCUT2D eigenvalue weighted by Gasteiger charge is 2.15. The van der Waals surface area contributed by atoms with Crippen LogP contribution in [0.2, 0.25) is 0 Å². The summed E-state index contributed by atoms with van der Waals surface area (Å²) < 4.78 is 34.7. The van der Waals surface area contributed by atoms with Crippen LogP contribution in [0.5, 0.6) is 0 Å². The Morgan fingerprint density at radius 2 is 2.16 bits per heavy atom. The SMILES string of the molecule is CNS(=O)(=O)c1ccc(CNCCCC(=O)OC)o1. The molecule has 0 aliphatic rings. The molecule has 0 bridgehead atoms. The van der Waals surface area contributed by atoms with Crippen molar-refractivity contribution in [3.8, 4) is 0 Å². The molecule has 7 nitrogen and oxygen atoms in total. The zero-order valence-corrected chi connectivity index (χ0v) is 11.7. The van der Waals surface area contributed by atoms with E-state index in [1.165, 1.54) is 20.2 Å². The molecule has 0 aliphatic heterocycles. The molecule has 0 fully saturated rings. The Morgan fingerprint density at radius 1 is 1.42 bits per heavy atom. The fourth-order valence-corrected chi connectivity index (χ4v) is 2.03. The quantitative estimate of drug-likeness (QED) is 0.525. The summed E-state index contributed by atoms with van der Waals surface area (Å²) in [4.78, 5) is 10.8. The molecule has 0 unspecified atom stereocenters. The lowest BCUT2D eigenvalue weighted by Crippen LogP contribution is -2.18. The maximum atomic E-state index is 11.4. The van der Waals surface area contributed by atoms with Gasteiger partial charge in [-0.15, -0.1) is 0 Å². The van der Waals surface area contributed by atoms with Crippen molar-refractivity contribution in [3.05, 3.63) is 17.9 Å². The van der Waals surface area contributed by atoms with E-state index in [4.69, 9.17) is 4.42 Å². The summed E-state index contributed by atoms with van der Waals surface area (Å²) in [5.41, 5.74) is 0. The van der Waals surface area contributed by atoms with Gasteiger partial charge in [-0.3, -0.25) is 4.79 Å². The molecule has 108 valence electrons. The third kappa shape index (κ3) is 5.01. The maximum Gasteiger partial charge on any atom is 0.305 e. The Kier molecular flexibility index (Phi) is 6.00. The average Bonchev–Trinajstić information content (AvgIpc) is 2.87. The first kappa shape index (κ1) is 15.7. The van der Waals surface area contributed by atoms with Gasteiger partial charge in [-0.25, -0.2) is 13.1 Å². The molecule has 0 radical (unpaired) electrons. The molecule has 1 rings (SSSR count). The largest absolute Gasteiger partial charge is 0.469 e. The highest BCUT2D eigenvalue weighted by Crippen LogP contribution is 2.13. The summed E-state index contributed by atoms with van der Waals surface area (Å²) in [7, 11) is -0.861. The number of rotatable bonds is 8. The molecule has 8 heteroatoms. The zero-order valence-electron chi connectivity index (χ0n) is 10.9. The molecule has 0 saturated heterocycles. The standard InChI is InChI=1S/C11H18N2O5S/c1-12-19(15,16)11-6-5-9(18-11)8-13-7-3-4-10(14)17-2/h5-6,12-13H,3-4,7-8H2,1-2H3. The molecule has 0 spiro atoms. The molecular weight excluding hydrogens is 272 g/mol. The number of ether oxygens (including phenoxy) is 1. The molecule has 2 N–H and O–H groups in total. The fourth-order valence-electron chi connectivity index (χ4n) is 1.37. The normalized spacial score (nSPS) is 11.5. The van der Waals surface area contributed by atoms with Crippen LogP contribution in [-0.4, -0.2) is 35.1 Å². The lowest BCUT2D eigenvalue weighted by atomic mass is 10.3. The van der Waals surface area contributed by atoms with Crippen molar-refractivity contribution in [1.29, 1.82) is 0 Å². The number of sulfonamides is 1. The van der Waals surface area contributed by atoms with Gasteiger partial charge < -0.3 is 14.5 Å². The topological polar surface area (TPSA) is 97.6 Å². The minimum absolute atomic E-state index is 0.110. The second-order valence-electron chi connectivity index (χ2n) is 3.78. The van der Waals surface area contributed by atoms with E-state index < -0.39 is 10.0 Å². The maximum absolute atomic E-state index is 11.4. The lowest BCUT2D eigenvalue weighted by Gasteiger charge is -2.02. The number of methoxy groups -OCH3 is 1. The highest BCUT2D eigenvalue weighted by atomic mass is 32.2. The zero-order chi connectivity index (χ0) is 14.3. The molecule has 0 saturated carbocycles. The molecule has 0 aromatic carbocycles. The second-order valence-corrected chi connectivity index (χ2v) is 5.60. The van der Waals surface area contributed by atoms with Gasteiger partial charge in [0.1, 0.15) is 5.76 Å². The van der Waals surface area contributed by atoms with Gasteiger partial charge in [-0.05, 0) is 32.1 Å². The Hall–Kier alpha value is -1.38. The second kappa shape index (κ2) is 7.27. The van der Waals surface area contributed by atoms with Crippen molar-refractivity contribution in [2.75, 3.05) is 20.7 Å². The Bertz CT molecular complexity index is 509. The number of hydrogen-bond acceptors (Lipinski definition) is 6. The summed E-state index contributed by atoms with van der Waals surface area (Å²) in [5.74, 6) is 0.272. The van der Waals surface area contributed by atoms with E-state index in [1.807, 2.05) is 0 Å². The molecule has 19 heavy (non-hydrogen) atoms. The summed E-state index contributed by atoms with van der Waals surface area (Å²) in [5, 5.41) is 2.94. The van der Waals surface area contributed by atoms with Gasteiger partial charge in [0, 0.05) is 6.42 Å². The van der Waals surface area contributed by atoms with Crippen molar-refractivity contribution < 1.29 is 22.4 Å². The van der Waals surface area contributed by atoms with Gasteiger partial charge in [0.2, 0.25) is 5.09 Å². The minimum atomic E-state index is -3.53. The van der Waals surface area contributed by atoms with Gasteiger partial charge in [-0.2, -0.15) is 0 Å². The highest BCUT2D eigenvalue weighted by molar-refractivity contribution is 7.89. The molecule has 0 aliphatic carbocycles. The van der Waals surface area contributed by atoms with Crippen molar-refractivity contribution >= 4 is 16.0 Å². The van der Waals surface area contributed by atoms with Gasteiger partial charge in [0.15, 0.2) is 0 Å². The van der Waals surface area contributed by atoms with Crippen LogP contribution in [0.15, 0.2) is 21.6 Å². The summed E-state index contributed by atoms with van der Waals surface area (Å²) in [6.07, 6.45) is 0.996. The van der Waals surface area contributed by atoms with Crippen LogP contribution in [-0.2, 0) is 26.1 Å². The van der Waals surface area contributed by atoms with Crippen LogP contribution in [0, 0.1) is 0 Å². The van der Waals surface area contributed by atoms with Crippen LogP contribution in [0.25, 0.3) is 0 Å². The van der Waals surface area contributed by atoms with Gasteiger partial charge in [0.25, 0.3) is 10.0 Å². The summed E-state index contributed by atoms with van der Waals surface area (Å²) in [6, 6.07) is 2.99. The first-order chi connectivity index (χ1) is 8.99. The van der Waals surface area contributed by atoms with Crippen molar-refractivity contribution in [3.63, 3.8) is 0 Å². The number of hydrogen-bond donors (Lipinski definition) is 2. The van der Waals surface area contributed by atoms with Crippen LogP contribution in [0.3, 0.4) is 0 Å². The predicted molar refractivity (Wildman–Crippen MR) is 67.9 cm³/mol. The fraction of sp³-hybridized carbons (Fsp3) is 0.545. The molecule has 1 heterocycles. The molecule has 0 atom stereocenters. The first-order valence-electron chi connectivity index (χ1n) is 5.79. The first-order valence-corrected chi connectivity index (χ1v) is 7.27. The monoisotopic (exact) mass is 290 g/mol. The molecule has 1 aromatic heterocycles. The third-order valence-corrected chi connectivity index (χ3v) is 3.72. The summed E-state index contributed by atoms with van der Waals surface area (Å²) >= 11 is 0. The van der Waals surface area contributed by atoms with E-state index in [2.05, 4.69) is 14.8 Å². The van der Waals surface area contributed by atoms with Crippen molar-refractivity contribution in [1.82, 2.24) is 10.0 Å². The number of esters is 1. The van der Waals surface area contributed by atoms with E-state index in [1.54, 1.807) is 6.07 Å². The smallest absolute Gasteiger partial charge is 0.305 e. The number of carbonyl (C=O) groups is 1. The number of nitrogens with one attached hydrogen (secondary N) is 2. The minimum Gasteiger partial charge on any atom is -0.469 e. The molecular formula is C11H18N2O5S. The molecule has 0 amide bonds. The lowest BCUT2D eigenvalue weighted by molar-refractivity contribution is -0.140. The summed E-state index contributed by atoms with van der Waals surface area (Å²) in [6.45, 7) is 1.02. The van der Waals surface area contributed by atoms with Gasteiger partial charge in [0.05, 0.1) is 13.7 Å². The third-order valence-electron chi connectivity index (χ3n) is 2.43. The number of furan rings is 1. The van der Waals surface area contributed by atoms with E-state index in [0.29, 0.717) is 31.7 Å². The van der Waals surface area contributed by atoms with Gasteiger partial charge in [-0.1, -0.05) is 0 Å². The molecule has 1 aromatic rings. The van der Waals surface area contributed by atoms with Crippen LogP contribution in [0.1, 0.15) is 18.6 Å². The Balaban J connectivity index is 2.33. The van der Waals surface area contributed by atoms with Gasteiger partial charge >= 0.3 is 5.97 Å². The van der Waals surface area contributed by atoms with E-state index in [9.17, 15) is 13.2 Å².